The van der Waals surface area contributed by atoms with Crippen LogP contribution in [0.2, 0.25) is 0 Å². The number of nitrogens with one attached hydrogen (secondary N) is 3. The molecule has 1 aliphatic heterocycles. The second-order valence-electron chi connectivity index (χ2n) is 6.14. The largest absolute Gasteiger partial charge is 0.336 e. The van der Waals surface area contributed by atoms with Crippen molar-refractivity contribution in [1.82, 2.24) is 20.9 Å². The number of hydrogen-bond donors (Lipinski definition) is 3. The zero-order valence-electron chi connectivity index (χ0n) is 12.9. The molecule has 3 N–H and O–H groups in total. The minimum Gasteiger partial charge on any atom is -0.336 e. The van der Waals surface area contributed by atoms with Crippen molar-refractivity contribution in [2.24, 2.45) is 0 Å². The lowest BCUT2D eigenvalue weighted by Gasteiger charge is -2.30. The number of amides is 6. The molecule has 0 aromatic carbocycles. The molecule has 1 saturated carbocycles. The number of rotatable bonds is 3. The van der Waals surface area contributed by atoms with Gasteiger partial charge >= 0.3 is 12.1 Å². The molecule has 2 aliphatic rings. The van der Waals surface area contributed by atoms with E-state index in [0.717, 1.165) is 24.2 Å². The van der Waals surface area contributed by atoms with Gasteiger partial charge in [0.1, 0.15) is 12.1 Å². The predicted molar refractivity (Wildman–Crippen MR) is 77.9 cm³/mol. The summed E-state index contributed by atoms with van der Waals surface area (Å²) in [5, 5.41) is 7.33. The van der Waals surface area contributed by atoms with Crippen LogP contribution in [-0.2, 0) is 9.59 Å². The first-order chi connectivity index (χ1) is 10.3. The molecule has 2 fully saturated rings. The topological polar surface area (TPSA) is 108 Å². The molecule has 0 atom stereocenters. The van der Waals surface area contributed by atoms with Gasteiger partial charge in [-0.05, 0) is 26.7 Å². The van der Waals surface area contributed by atoms with E-state index in [-0.39, 0.29) is 11.9 Å². The van der Waals surface area contributed by atoms with Gasteiger partial charge in [-0.2, -0.15) is 0 Å². The molecule has 0 aromatic heterocycles. The summed E-state index contributed by atoms with van der Waals surface area (Å²) in [6.45, 7) is 3.07. The molecule has 22 heavy (non-hydrogen) atoms. The van der Waals surface area contributed by atoms with Gasteiger partial charge in [0.15, 0.2) is 0 Å². The summed E-state index contributed by atoms with van der Waals surface area (Å²) in [6.07, 6.45) is 4.00. The van der Waals surface area contributed by atoms with Crippen LogP contribution in [0.1, 0.15) is 46.0 Å². The summed E-state index contributed by atoms with van der Waals surface area (Å²) in [5.41, 5.74) is -0.851. The first kappa shape index (κ1) is 16.3. The number of carbonyl (C=O) groups is 4. The van der Waals surface area contributed by atoms with Crippen molar-refractivity contribution in [3.63, 3.8) is 0 Å². The van der Waals surface area contributed by atoms with E-state index in [0.29, 0.717) is 12.8 Å². The molecule has 0 radical (unpaired) electrons. The van der Waals surface area contributed by atoms with Gasteiger partial charge in [-0.3, -0.25) is 19.8 Å². The van der Waals surface area contributed by atoms with Crippen molar-refractivity contribution in [2.45, 2.75) is 57.5 Å². The Hall–Kier alpha value is -2.12. The third kappa shape index (κ3) is 3.37. The van der Waals surface area contributed by atoms with E-state index in [1.54, 1.807) is 13.8 Å². The molecule has 122 valence electrons. The highest BCUT2D eigenvalue weighted by atomic mass is 16.2. The Morgan fingerprint density at radius 3 is 2.45 bits per heavy atom. The average molecular weight is 310 g/mol. The van der Waals surface area contributed by atoms with Crippen LogP contribution in [0.3, 0.4) is 0 Å². The summed E-state index contributed by atoms with van der Waals surface area (Å²) in [6, 6.07) is -1.32. The molecule has 1 heterocycles. The number of nitrogens with zero attached hydrogens (tertiary/aromatic N) is 1. The van der Waals surface area contributed by atoms with E-state index >= 15 is 0 Å². The smallest absolute Gasteiger partial charge is 0.325 e. The van der Waals surface area contributed by atoms with Gasteiger partial charge in [-0.1, -0.05) is 19.3 Å². The second-order valence-corrected chi connectivity index (χ2v) is 6.14. The van der Waals surface area contributed by atoms with Gasteiger partial charge < -0.3 is 10.6 Å². The zero-order valence-corrected chi connectivity index (χ0v) is 12.9. The maximum absolute atomic E-state index is 12.5. The van der Waals surface area contributed by atoms with Gasteiger partial charge in [0, 0.05) is 6.04 Å². The van der Waals surface area contributed by atoms with Crippen molar-refractivity contribution in [3.8, 4) is 0 Å². The fourth-order valence-corrected chi connectivity index (χ4v) is 2.92. The SMILES string of the molecule is CC(C)NC(=O)NC(=O)CN1C(=O)NC2(CCCCC2)C1=O. The van der Waals surface area contributed by atoms with Crippen molar-refractivity contribution in [2.75, 3.05) is 6.54 Å². The van der Waals surface area contributed by atoms with Crippen LogP contribution in [0.5, 0.6) is 0 Å². The second kappa shape index (κ2) is 6.33. The molecular weight excluding hydrogens is 288 g/mol. The molecule has 0 aromatic rings. The Bertz CT molecular complexity index is 497. The van der Waals surface area contributed by atoms with E-state index in [1.807, 2.05) is 0 Å². The molecule has 0 bridgehead atoms. The van der Waals surface area contributed by atoms with E-state index in [1.165, 1.54) is 0 Å². The summed E-state index contributed by atoms with van der Waals surface area (Å²) in [5.74, 6) is -1.05. The average Bonchev–Trinajstić information content (AvgIpc) is 2.63. The van der Waals surface area contributed by atoms with Crippen LogP contribution in [-0.4, -0.2) is 46.9 Å². The highest BCUT2D eigenvalue weighted by molar-refractivity contribution is 6.10. The van der Waals surface area contributed by atoms with Crippen molar-refractivity contribution >= 4 is 23.9 Å². The Morgan fingerprint density at radius 2 is 1.86 bits per heavy atom. The van der Waals surface area contributed by atoms with E-state index in [9.17, 15) is 19.2 Å². The van der Waals surface area contributed by atoms with Crippen LogP contribution in [0.25, 0.3) is 0 Å². The van der Waals surface area contributed by atoms with Gasteiger partial charge in [-0.15, -0.1) is 0 Å². The molecule has 0 unspecified atom stereocenters. The van der Waals surface area contributed by atoms with Crippen molar-refractivity contribution < 1.29 is 19.2 Å². The normalized spacial score (nSPS) is 20.2. The lowest BCUT2D eigenvalue weighted by atomic mass is 9.82. The highest BCUT2D eigenvalue weighted by Crippen LogP contribution is 2.33. The monoisotopic (exact) mass is 310 g/mol. The van der Waals surface area contributed by atoms with Crippen LogP contribution < -0.4 is 16.0 Å². The third-order valence-corrected chi connectivity index (χ3v) is 3.93. The van der Waals surface area contributed by atoms with E-state index < -0.39 is 30.1 Å². The van der Waals surface area contributed by atoms with Crippen LogP contribution >= 0.6 is 0 Å². The molecule has 1 saturated heterocycles. The quantitative estimate of drug-likeness (QED) is 0.659. The lowest BCUT2D eigenvalue weighted by molar-refractivity contribution is -0.135. The standard InChI is InChI=1S/C14H22N4O4/c1-9(2)15-12(21)16-10(19)8-18-11(20)14(17-13(18)22)6-4-3-5-7-14/h9H,3-8H2,1-2H3,(H,17,22)(H2,15,16,19,21). The fourth-order valence-electron chi connectivity index (χ4n) is 2.92. The lowest BCUT2D eigenvalue weighted by Crippen LogP contribution is -2.50. The predicted octanol–water partition coefficient (Wildman–Crippen LogP) is 0.475. The molecule has 2 rings (SSSR count). The van der Waals surface area contributed by atoms with Crippen molar-refractivity contribution in [1.29, 1.82) is 0 Å². The van der Waals surface area contributed by atoms with Gasteiger partial charge in [-0.25, -0.2) is 9.59 Å². The Morgan fingerprint density at radius 1 is 1.23 bits per heavy atom. The van der Waals surface area contributed by atoms with Crippen LogP contribution in [0.15, 0.2) is 0 Å². The minimum absolute atomic E-state index is 0.116. The summed E-state index contributed by atoms with van der Waals surface area (Å²) in [4.78, 5) is 48.6. The maximum atomic E-state index is 12.5. The minimum atomic E-state index is -0.851. The Balaban J connectivity index is 1.95. The Labute approximate surface area is 129 Å². The summed E-state index contributed by atoms with van der Waals surface area (Å²) in [7, 11) is 0. The fraction of sp³-hybridized carbons (Fsp3) is 0.714. The number of carbonyl (C=O) groups excluding carboxylic acids is 4. The van der Waals surface area contributed by atoms with Crippen LogP contribution in [0, 0.1) is 0 Å². The van der Waals surface area contributed by atoms with Crippen LogP contribution in [0.4, 0.5) is 9.59 Å². The molecule has 1 aliphatic carbocycles. The van der Waals surface area contributed by atoms with Gasteiger partial charge in [0.2, 0.25) is 5.91 Å². The Kier molecular flexibility index (Phi) is 4.68. The maximum Gasteiger partial charge on any atom is 0.325 e. The van der Waals surface area contributed by atoms with Gasteiger partial charge in [0.25, 0.3) is 5.91 Å². The number of urea groups is 2. The number of hydrogen-bond acceptors (Lipinski definition) is 4. The first-order valence-electron chi connectivity index (χ1n) is 7.58. The number of imide groups is 2. The molecule has 1 spiro atoms. The summed E-state index contributed by atoms with van der Waals surface area (Å²) < 4.78 is 0. The molecule has 6 amide bonds. The molecule has 8 nitrogen and oxygen atoms in total. The van der Waals surface area contributed by atoms with Gasteiger partial charge in [0.05, 0.1) is 0 Å². The zero-order chi connectivity index (χ0) is 16.3. The third-order valence-electron chi connectivity index (χ3n) is 3.93. The van der Waals surface area contributed by atoms with Crippen molar-refractivity contribution in [3.05, 3.63) is 0 Å². The molecular formula is C14H22N4O4. The molecule has 8 heteroatoms. The van der Waals surface area contributed by atoms with E-state index in [4.69, 9.17) is 0 Å². The first-order valence-corrected chi connectivity index (χ1v) is 7.58. The summed E-state index contributed by atoms with van der Waals surface area (Å²) >= 11 is 0. The highest BCUT2D eigenvalue weighted by Gasteiger charge is 2.51. The van der Waals surface area contributed by atoms with E-state index in [2.05, 4.69) is 16.0 Å².